The lowest BCUT2D eigenvalue weighted by molar-refractivity contribution is -0.314. The third kappa shape index (κ3) is 4.27. The molecule has 1 aromatic carbocycles. The zero-order valence-electron chi connectivity index (χ0n) is 15.6. The van der Waals surface area contributed by atoms with Crippen molar-refractivity contribution in [2.45, 2.75) is 39.8 Å². The second kappa shape index (κ2) is 7.53. The van der Waals surface area contributed by atoms with Gasteiger partial charge in [-0.1, -0.05) is 17.7 Å². The van der Waals surface area contributed by atoms with E-state index in [1.165, 1.54) is 19.0 Å². The summed E-state index contributed by atoms with van der Waals surface area (Å²) >= 11 is 0. The Hall–Kier alpha value is -2.29. The summed E-state index contributed by atoms with van der Waals surface area (Å²) in [6.07, 6.45) is 1.07. The first-order valence-corrected chi connectivity index (χ1v) is 8.33. The van der Waals surface area contributed by atoms with E-state index in [9.17, 15) is 0 Å². The minimum atomic E-state index is -1.04. The van der Waals surface area contributed by atoms with Crippen molar-refractivity contribution in [1.82, 2.24) is 15.0 Å². The molecular weight excluding hydrogens is 338 g/mol. The number of aryl methyl sites for hydroxylation is 3. The maximum Gasteiger partial charge on any atom is 0.328 e. The summed E-state index contributed by atoms with van der Waals surface area (Å²) < 4.78 is 27.6. The summed E-state index contributed by atoms with van der Waals surface area (Å²) in [6.45, 7) is 8.30. The maximum atomic E-state index is 5.84. The van der Waals surface area contributed by atoms with Crippen LogP contribution in [-0.4, -0.2) is 47.4 Å². The molecule has 0 saturated carbocycles. The lowest BCUT2D eigenvalue weighted by Crippen LogP contribution is -2.30. The van der Waals surface area contributed by atoms with Gasteiger partial charge in [-0.15, -0.1) is 4.98 Å². The molecule has 0 N–H and O–H groups in total. The topological polar surface area (TPSA) is 84.8 Å². The van der Waals surface area contributed by atoms with Gasteiger partial charge in [-0.05, 0) is 31.9 Å². The van der Waals surface area contributed by atoms with Gasteiger partial charge >= 0.3 is 12.0 Å². The van der Waals surface area contributed by atoms with E-state index in [0.29, 0.717) is 6.61 Å². The van der Waals surface area contributed by atoms with Gasteiger partial charge in [-0.2, -0.15) is 9.97 Å². The first-order chi connectivity index (χ1) is 12.4. The van der Waals surface area contributed by atoms with E-state index in [2.05, 4.69) is 15.0 Å². The molecule has 1 saturated heterocycles. The fourth-order valence-corrected chi connectivity index (χ4v) is 2.78. The summed E-state index contributed by atoms with van der Waals surface area (Å²) in [7, 11) is 1.52. The smallest absolute Gasteiger partial charge is 0.328 e. The van der Waals surface area contributed by atoms with E-state index in [4.69, 9.17) is 23.7 Å². The van der Waals surface area contributed by atoms with E-state index in [0.717, 1.165) is 16.9 Å². The molecule has 0 amide bonds. The van der Waals surface area contributed by atoms with Crippen LogP contribution in [-0.2, 0) is 14.2 Å². The largest absolute Gasteiger partial charge is 0.460 e. The molecule has 0 bridgehead atoms. The fraction of sp³-hybridized carbons (Fsp3) is 0.500. The summed E-state index contributed by atoms with van der Waals surface area (Å²) in [5, 5.41) is 0. The van der Waals surface area contributed by atoms with Gasteiger partial charge in [0.2, 0.25) is 0 Å². The summed E-state index contributed by atoms with van der Waals surface area (Å²) in [5.41, 5.74) is 3.20. The number of hydrogen-bond acceptors (Lipinski definition) is 8. The molecule has 0 aliphatic carbocycles. The van der Waals surface area contributed by atoms with Crippen molar-refractivity contribution in [2.75, 3.05) is 20.3 Å². The molecule has 1 fully saturated rings. The Kier molecular flexibility index (Phi) is 5.36. The molecule has 2 aromatic rings. The van der Waals surface area contributed by atoms with Crippen LogP contribution in [0.4, 0.5) is 0 Å². The number of hydrogen-bond donors (Lipinski definition) is 0. The minimum Gasteiger partial charge on any atom is -0.460 e. The number of aromatic nitrogens is 3. The average molecular weight is 361 g/mol. The van der Waals surface area contributed by atoms with E-state index >= 15 is 0 Å². The van der Waals surface area contributed by atoms with Crippen LogP contribution in [0.2, 0.25) is 0 Å². The van der Waals surface area contributed by atoms with Gasteiger partial charge in [0.15, 0.2) is 0 Å². The maximum absolute atomic E-state index is 5.84. The van der Waals surface area contributed by atoms with Crippen LogP contribution in [0.25, 0.3) is 0 Å². The van der Waals surface area contributed by atoms with E-state index < -0.39 is 5.97 Å². The van der Waals surface area contributed by atoms with Gasteiger partial charge in [0.05, 0.1) is 6.61 Å². The fourth-order valence-electron chi connectivity index (χ4n) is 2.78. The normalized spacial score (nSPS) is 22.4. The predicted octanol–water partition coefficient (Wildman–Crippen LogP) is 2.70. The van der Waals surface area contributed by atoms with Crippen molar-refractivity contribution >= 4 is 0 Å². The molecule has 8 nitrogen and oxygen atoms in total. The monoisotopic (exact) mass is 361 g/mol. The van der Waals surface area contributed by atoms with Crippen molar-refractivity contribution in [3.63, 3.8) is 0 Å². The highest BCUT2D eigenvalue weighted by molar-refractivity contribution is 5.44. The van der Waals surface area contributed by atoms with Crippen LogP contribution in [0.1, 0.15) is 23.6 Å². The SMILES string of the molecule is COC1(C)OCC(COc2ncnc(Oc3c(C)cc(C)cc3C)n2)O1. The second-order valence-electron chi connectivity index (χ2n) is 6.31. The Bertz CT molecular complexity index is 762. The molecule has 2 atom stereocenters. The lowest BCUT2D eigenvalue weighted by Gasteiger charge is -2.20. The Morgan fingerprint density at radius 2 is 1.85 bits per heavy atom. The van der Waals surface area contributed by atoms with Gasteiger partial charge < -0.3 is 23.7 Å². The molecule has 3 rings (SSSR count). The first-order valence-electron chi connectivity index (χ1n) is 8.33. The highest BCUT2D eigenvalue weighted by atomic mass is 16.9. The molecule has 1 aromatic heterocycles. The summed E-state index contributed by atoms with van der Waals surface area (Å²) in [6, 6.07) is 4.43. The van der Waals surface area contributed by atoms with Gasteiger partial charge in [0, 0.05) is 14.0 Å². The number of nitrogens with zero attached hydrogens (tertiary/aromatic N) is 3. The van der Waals surface area contributed by atoms with Crippen molar-refractivity contribution in [3.05, 3.63) is 35.2 Å². The van der Waals surface area contributed by atoms with E-state index in [1.54, 1.807) is 6.92 Å². The molecule has 0 spiro atoms. The number of rotatable bonds is 6. The number of benzene rings is 1. The first kappa shape index (κ1) is 18.5. The van der Waals surface area contributed by atoms with E-state index in [-0.39, 0.29) is 24.7 Å². The number of ether oxygens (including phenoxy) is 5. The highest BCUT2D eigenvalue weighted by Crippen LogP contribution is 2.28. The average Bonchev–Trinajstić information content (AvgIpc) is 2.99. The van der Waals surface area contributed by atoms with Crippen LogP contribution in [0.3, 0.4) is 0 Å². The van der Waals surface area contributed by atoms with Crippen LogP contribution in [0.5, 0.6) is 17.8 Å². The van der Waals surface area contributed by atoms with Crippen molar-refractivity contribution in [2.24, 2.45) is 0 Å². The lowest BCUT2D eigenvalue weighted by atomic mass is 10.1. The van der Waals surface area contributed by atoms with Crippen LogP contribution in [0.15, 0.2) is 18.5 Å². The van der Waals surface area contributed by atoms with Crippen molar-refractivity contribution in [1.29, 1.82) is 0 Å². The van der Waals surface area contributed by atoms with Gasteiger partial charge in [-0.25, -0.2) is 0 Å². The molecule has 0 radical (unpaired) electrons. The van der Waals surface area contributed by atoms with E-state index in [1.807, 2.05) is 32.9 Å². The zero-order chi connectivity index (χ0) is 18.7. The van der Waals surface area contributed by atoms with Crippen LogP contribution in [0, 0.1) is 20.8 Å². The number of methoxy groups -OCH3 is 1. The molecular formula is C18H23N3O5. The standard InChI is InChI=1S/C18H23N3O5/c1-11-6-12(2)15(13(3)7-11)25-17-20-10-19-16(21-17)23-8-14-9-24-18(4,22-5)26-14/h6-7,10,14H,8-9H2,1-5H3. The Morgan fingerprint density at radius 3 is 2.50 bits per heavy atom. The van der Waals surface area contributed by atoms with Gasteiger partial charge in [0.1, 0.15) is 24.8 Å². The molecule has 1 aliphatic heterocycles. The quantitative estimate of drug-likeness (QED) is 0.776. The zero-order valence-corrected chi connectivity index (χ0v) is 15.6. The minimum absolute atomic E-state index is 0.159. The highest BCUT2D eigenvalue weighted by Gasteiger charge is 2.37. The van der Waals surface area contributed by atoms with Crippen LogP contribution >= 0.6 is 0 Å². The van der Waals surface area contributed by atoms with Crippen molar-refractivity contribution in [3.8, 4) is 17.8 Å². The van der Waals surface area contributed by atoms with Gasteiger partial charge in [-0.3, -0.25) is 0 Å². The third-order valence-electron chi connectivity index (χ3n) is 4.01. The Morgan fingerprint density at radius 1 is 1.15 bits per heavy atom. The molecule has 1 aliphatic rings. The van der Waals surface area contributed by atoms with Gasteiger partial charge in [0.25, 0.3) is 5.97 Å². The van der Waals surface area contributed by atoms with Crippen molar-refractivity contribution < 1.29 is 23.7 Å². The molecule has 8 heteroatoms. The Labute approximate surface area is 152 Å². The second-order valence-corrected chi connectivity index (χ2v) is 6.31. The summed E-state index contributed by atoms with van der Waals surface area (Å²) in [5.74, 6) is -0.307. The molecule has 26 heavy (non-hydrogen) atoms. The Balaban J connectivity index is 1.64. The molecule has 2 unspecified atom stereocenters. The molecule has 2 heterocycles. The predicted molar refractivity (Wildman–Crippen MR) is 92.3 cm³/mol. The third-order valence-corrected chi connectivity index (χ3v) is 4.01. The summed E-state index contributed by atoms with van der Waals surface area (Å²) in [4.78, 5) is 12.3. The van der Waals surface area contributed by atoms with Crippen LogP contribution < -0.4 is 9.47 Å². The molecule has 140 valence electrons.